The molecule has 2 aromatic rings. The molecule has 8 heteroatoms. The van der Waals surface area contributed by atoms with Crippen molar-refractivity contribution in [3.05, 3.63) is 47.8 Å². The molecule has 0 amide bonds. The SMILES string of the molecule is CCN(CC)S(=O)(=O)c1ccc(C(C)NCc2cnc(N3CCCC3)nc2)cc1. The number of sulfonamides is 1. The zero-order valence-electron chi connectivity index (χ0n) is 17.5. The van der Waals surface area contributed by atoms with E-state index in [1.807, 2.05) is 38.4 Å². The van der Waals surface area contributed by atoms with Gasteiger partial charge in [-0.25, -0.2) is 18.4 Å². The topological polar surface area (TPSA) is 78.4 Å². The van der Waals surface area contributed by atoms with E-state index in [2.05, 4.69) is 27.1 Å². The number of rotatable bonds is 9. The van der Waals surface area contributed by atoms with Crippen molar-refractivity contribution in [2.45, 2.75) is 51.1 Å². The normalized spacial score (nSPS) is 15.8. The predicted molar refractivity (Wildman–Crippen MR) is 115 cm³/mol. The number of nitrogens with zero attached hydrogens (tertiary/aromatic N) is 4. The molecular weight excluding hydrogens is 386 g/mol. The lowest BCUT2D eigenvalue weighted by atomic mass is 10.1. The van der Waals surface area contributed by atoms with E-state index in [-0.39, 0.29) is 6.04 Å². The molecule has 2 heterocycles. The van der Waals surface area contributed by atoms with Gasteiger partial charge in [-0.2, -0.15) is 4.31 Å². The summed E-state index contributed by atoms with van der Waals surface area (Å²) in [5.74, 6) is 0.810. The smallest absolute Gasteiger partial charge is 0.243 e. The van der Waals surface area contributed by atoms with Crippen molar-refractivity contribution in [3.63, 3.8) is 0 Å². The van der Waals surface area contributed by atoms with E-state index >= 15 is 0 Å². The van der Waals surface area contributed by atoms with Crippen LogP contribution in [0.4, 0.5) is 5.95 Å². The Morgan fingerprint density at radius 1 is 1.07 bits per heavy atom. The Kier molecular flexibility index (Phi) is 7.21. The van der Waals surface area contributed by atoms with Crippen LogP contribution >= 0.6 is 0 Å². The van der Waals surface area contributed by atoms with Gasteiger partial charge in [0.25, 0.3) is 0 Å². The molecule has 0 spiro atoms. The number of hydrogen-bond acceptors (Lipinski definition) is 6. The van der Waals surface area contributed by atoms with Gasteiger partial charge in [-0.05, 0) is 37.5 Å². The molecule has 1 fully saturated rings. The Hall–Kier alpha value is -2.03. The monoisotopic (exact) mass is 417 g/mol. The van der Waals surface area contributed by atoms with Crippen molar-refractivity contribution in [3.8, 4) is 0 Å². The van der Waals surface area contributed by atoms with Crippen LogP contribution in [0.5, 0.6) is 0 Å². The van der Waals surface area contributed by atoms with Crippen molar-refractivity contribution in [1.29, 1.82) is 0 Å². The molecule has 0 bridgehead atoms. The van der Waals surface area contributed by atoms with E-state index in [9.17, 15) is 8.42 Å². The maximum atomic E-state index is 12.6. The second-order valence-electron chi connectivity index (χ2n) is 7.35. The Morgan fingerprint density at radius 2 is 1.66 bits per heavy atom. The summed E-state index contributed by atoms with van der Waals surface area (Å²) in [4.78, 5) is 11.5. The minimum absolute atomic E-state index is 0.0819. The van der Waals surface area contributed by atoms with Crippen LogP contribution in [0.3, 0.4) is 0 Å². The van der Waals surface area contributed by atoms with E-state index in [1.54, 1.807) is 12.1 Å². The van der Waals surface area contributed by atoms with Gasteiger partial charge in [0.1, 0.15) is 0 Å². The molecule has 1 atom stereocenters. The molecule has 1 aromatic carbocycles. The highest BCUT2D eigenvalue weighted by Gasteiger charge is 2.21. The first-order chi connectivity index (χ1) is 14.0. The van der Waals surface area contributed by atoms with Gasteiger partial charge < -0.3 is 10.2 Å². The fourth-order valence-electron chi connectivity index (χ4n) is 3.55. The lowest BCUT2D eigenvalue weighted by molar-refractivity contribution is 0.445. The fourth-order valence-corrected chi connectivity index (χ4v) is 5.01. The van der Waals surface area contributed by atoms with Crippen LogP contribution in [0.1, 0.15) is 50.8 Å². The Labute approximate surface area is 174 Å². The molecule has 3 rings (SSSR count). The standard InChI is InChI=1S/C21H31N5O2S/c1-4-26(5-2)29(27,28)20-10-8-19(9-11-20)17(3)22-14-18-15-23-21(24-16-18)25-12-6-7-13-25/h8-11,15-17,22H,4-7,12-14H2,1-3H3. The highest BCUT2D eigenvalue weighted by Crippen LogP contribution is 2.20. The molecule has 1 unspecified atom stereocenters. The molecule has 7 nitrogen and oxygen atoms in total. The Bertz CT molecular complexity index is 874. The molecule has 0 radical (unpaired) electrons. The van der Waals surface area contributed by atoms with Crippen LogP contribution in [0.25, 0.3) is 0 Å². The maximum absolute atomic E-state index is 12.6. The summed E-state index contributed by atoms with van der Waals surface area (Å²) < 4.78 is 26.7. The minimum atomic E-state index is -3.42. The first kappa shape index (κ1) is 21.7. The van der Waals surface area contributed by atoms with Gasteiger partial charge in [0.2, 0.25) is 16.0 Å². The van der Waals surface area contributed by atoms with Crippen LogP contribution in [0.2, 0.25) is 0 Å². The van der Waals surface area contributed by atoms with E-state index in [0.29, 0.717) is 24.5 Å². The van der Waals surface area contributed by atoms with Crippen LogP contribution in [-0.2, 0) is 16.6 Å². The first-order valence-electron chi connectivity index (χ1n) is 10.3. The molecule has 1 aliphatic rings. The van der Waals surface area contributed by atoms with Gasteiger partial charge in [0.15, 0.2) is 0 Å². The Balaban J connectivity index is 1.58. The van der Waals surface area contributed by atoms with Gasteiger partial charge in [-0.15, -0.1) is 0 Å². The molecule has 0 saturated carbocycles. The van der Waals surface area contributed by atoms with E-state index < -0.39 is 10.0 Å². The van der Waals surface area contributed by atoms with Crippen molar-refractivity contribution < 1.29 is 8.42 Å². The molecule has 1 aromatic heterocycles. The predicted octanol–water partition coefficient (Wildman–Crippen LogP) is 2.96. The van der Waals surface area contributed by atoms with Crippen molar-refractivity contribution in [1.82, 2.24) is 19.6 Å². The fraction of sp³-hybridized carbons (Fsp3) is 0.524. The van der Waals surface area contributed by atoms with Gasteiger partial charge in [-0.1, -0.05) is 26.0 Å². The maximum Gasteiger partial charge on any atom is 0.243 e. The molecule has 0 aliphatic carbocycles. The summed E-state index contributed by atoms with van der Waals surface area (Å²) >= 11 is 0. The van der Waals surface area contributed by atoms with Crippen LogP contribution in [-0.4, -0.2) is 48.9 Å². The van der Waals surface area contributed by atoms with Crippen LogP contribution < -0.4 is 10.2 Å². The third-order valence-electron chi connectivity index (χ3n) is 5.42. The summed E-state index contributed by atoms with van der Waals surface area (Å²) in [6.07, 6.45) is 6.17. The second kappa shape index (κ2) is 9.65. The van der Waals surface area contributed by atoms with Gasteiger partial charge in [0, 0.05) is 56.7 Å². The number of nitrogens with one attached hydrogen (secondary N) is 1. The zero-order chi connectivity index (χ0) is 20.9. The van der Waals surface area contributed by atoms with Gasteiger partial charge in [0.05, 0.1) is 4.90 Å². The molecule has 1 saturated heterocycles. The molecular formula is C21H31N5O2S. The summed E-state index contributed by atoms with van der Waals surface area (Å²) in [6.45, 7) is 9.43. The summed E-state index contributed by atoms with van der Waals surface area (Å²) in [5.41, 5.74) is 2.07. The minimum Gasteiger partial charge on any atom is -0.341 e. The van der Waals surface area contributed by atoms with Crippen molar-refractivity contribution >= 4 is 16.0 Å². The highest BCUT2D eigenvalue weighted by molar-refractivity contribution is 7.89. The molecule has 29 heavy (non-hydrogen) atoms. The lowest BCUT2D eigenvalue weighted by Gasteiger charge is -2.19. The number of anilines is 1. The van der Waals surface area contributed by atoms with E-state index in [4.69, 9.17) is 0 Å². The van der Waals surface area contributed by atoms with Crippen LogP contribution in [0, 0.1) is 0 Å². The zero-order valence-corrected chi connectivity index (χ0v) is 18.3. The Morgan fingerprint density at radius 3 is 2.21 bits per heavy atom. The molecule has 1 aliphatic heterocycles. The highest BCUT2D eigenvalue weighted by atomic mass is 32.2. The summed E-state index contributed by atoms with van der Waals surface area (Å²) in [5, 5.41) is 3.45. The second-order valence-corrected chi connectivity index (χ2v) is 9.28. The average Bonchev–Trinajstić information content (AvgIpc) is 3.28. The largest absolute Gasteiger partial charge is 0.341 e. The molecule has 1 N–H and O–H groups in total. The van der Waals surface area contributed by atoms with Crippen molar-refractivity contribution in [2.24, 2.45) is 0 Å². The average molecular weight is 418 g/mol. The van der Waals surface area contributed by atoms with E-state index in [0.717, 1.165) is 30.2 Å². The number of benzene rings is 1. The number of hydrogen-bond donors (Lipinski definition) is 1. The summed E-state index contributed by atoms with van der Waals surface area (Å²) in [6, 6.07) is 7.21. The van der Waals surface area contributed by atoms with Gasteiger partial charge in [-0.3, -0.25) is 0 Å². The molecule has 158 valence electrons. The lowest BCUT2D eigenvalue weighted by Crippen LogP contribution is -2.30. The third kappa shape index (κ3) is 5.12. The quantitative estimate of drug-likeness (QED) is 0.676. The van der Waals surface area contributed by atoms with Crippen LogP contribution in [0.15, 0.2) is 41.6 Å². The first-order valence-corrected chi connectivity index (χ1v) is 11.8. The van der Waals surface area contributed by atoms with Gasteiger partial charge >= 0.3 is 0 Å². The third-order valence-corrected chi connectivity index (χ3v) is 7.48. The van der Waals surface area contributed by atoms with Crippen molar-refractivity contribution in [2.75, 3.05) is 31.1 Å². The van der Waals surface area contributed by atoms with E-state index in [1.165, 1.54) is 17.1 Å². The number of aromatic nitrogens is 2. The summed E-state index contributed by atoms with van der Waals surface area (Å²) in [7, 11) is -3.42.